The van der Waals surface area contributed by atoms with E-state index in [-0.39, 0.29) is 11.0 Å². The lowest BCUT2D eigenvalue weighted by atomic mass is 9.72. The van der Waals surface area contributed by atoms with E-state index in [1.54, 1.807) is 11.9 Å². The Balaban J connectivity index is 1.52. The minimum absolute atomic E-state index is 0.0168. The number of ether oxygens (including phenoxy) is 2. The average molecular weight is 560 g/mol. The van der Waals surface area contributed by atoms with Crippen molar-refractivity contribution in [3.63, 3.8) is 0 Å². The van der Waals surface area contributed by atoms with Gasteiger partial charge in [-0.3, -0.25) is 4.72 Å². The van der Waals surface area contributed by atoms with Gasteiger partial charge in [-0.05, 0) is 111 Å². The van der Waals surface area contributed by atoms with Crippen LogP contribution in [0.25, 0.3) is 11.3 Å². The van der Waals surface area contributed by atoms with Crippen molar-refractivity contribution in [1.29, 1.82) is 0 Å². The van der Waals surface area contributed by atoms with Crippen molar-refractivity contribution in [3.05, 3.63) is 65.2 Å². The molecule has 0 aliphatic carbocycles. The summed E-state index contributed by atoms with van der Waals surface area (Å²) in [4.78, 5) is 10.9. The summed E-state index contributed by atoms with van der Waals surface area (Å²) >= 11 is 1.57. The number of nitrogens with zero attached hydrogens (tertiary/aromatic N) is 2. The summed E-state index contributed by atoms with van der Waals surface area (Å²) in [5.74, 6) is 2.44. The van der Waals surface area contributed by atoms with E-state index in [1.165, 1.54) is 28.0 Å². The van der Waals surface area contributed by atoms with Gasteiger partial charge in [-0.25, -0.2) is 4.98 Å². The highest BCUT2D eigenvalue weighted by molar-refractivity contribution is 8.00. The lowest BCUT2D eigenvalue weighted by Crippen LogP contribution is -2.35. The lowest BCUT2D eigenvalue weighted by Gasteiger charge is -2.39. The first kappa shape index (κ1) is 28.9. The molecule has 1 N–H and O–H groups in total. The van der Waals surface area contributed by atoms with Crippen LogP contribution in [0.4, 0.5) is 5.95 Å². The Labute approximate surface area is 245 Å². The summed E-state index contributed by atoms with van der Waals surface area (Å²) in [6.45, 7) is 17.2. The van der Waals surface area contributed by atoms with Crippen LogP contribution in [-0.4, -0.2) is 28.8 Å². The molecule has 2 aromatic carbocycles. The third-order valence-corrected chi connectivity index (χ3v) is 9.10. The molecule has 4 bridgehead atoms. The second-order valence-electron chi connectivity index (χ2n) is 13.6. The highest BCUT2D eigenvalue weighted by atomic mass is 32.2. The predicted molar refractivity (Wildman–Crippen MR) is 166 cm³/mol. The first-order chi connectivity index (χ1) is 19.0. The normalized spacial score (nSPS) is 22.8. The van der Waals surface area contributed by atoms with Crippen LogP contribution in [0, 0.1) is 31.1 Å². The Morgan fingerprint density at radius 2 is 1.75 bits per heavy atom. The molecule has 214 valence electrons. The predicted octanol–water partition coefficient (Wildman–Crippen LogP) is 9.00. The van der Waals surface area contributed by atoms with Crippen molar-refractivity contribution >= 4 is 17.9 Å². The molecule has 0 radical (unpaired) electrons. The molecule has 1 aromatic heterocycles. The fourth-order valence-electron chi connectivity index (χ4n) is 6.30. The van der Waals surface area contributed by atoms with Crippen molar-refractivity contribution < 1.29 is 9.47 Å². The Hall–Kier alpha value is -2.57. The summed E-state index contributed by atoms with van der Waals surface area (Å²) in [5, 5.41) is 0. The number of aryl methyl sites for hydroxylation is 2. The van der Waals surface area contributed by atoms with Crippen molar-refractivity contribution in [2.45, 2.75) is 90.6 Å². The largest absolute Gasteiger partial charge is 0.477 e. The van der Waals surface area contributed by atoms with Gasteiger partial charge in [0.25, 0.3) is 0 Å². The summed E-state index contributed by atoms with van der Waals surface area (Å²) in [5.41, 5.74) is 5.96. The molecule has 0 saturated carbocycles. The number of hydrogen-bond acceptors (Lipinski definition) is 6. The molecule has 0 amide bonds. The van der Waals surface area contributed by atoms with Gasteiger partial charge in [0.1, 0.15) is 0 Å². The van der Waals surface area contributed by atoms with Crippen molar-refractivity contribution in [2.75, 3.05) is 17.9 Å². The maximum Gasteiger partial charge on any atom is 0.237 e. The van der Waals surface area contributed by atoms with Crippen molar-refractivity contribution in [3.8, 4) is 17.1 Å². The Morgan fingerprint density at radius 3 is 2.45 bits per heavy atom. The summed E-state index contributed by atoms with van der Waals surface area (Å²) in [7, 11) is 0. The topological polar surface area (TPSA) is 56.3 Å². The van der Waals surface area contributed by atoms with E-state index in [9.17, 15) is 0 Å². The average Bonchev–Trinajstić information content (AvgIpc) is 2.88. The van der Waals surface area contributed by atoms with Crippen LogP contribution in [0.3, 0.4) is 0 Å². The monoisotopic (exact) mass is 559 g/mol. The molecular weight excluding hydrogens is 514 g/mol. The first-order valence-electron chi connectivity index (χ1n) is 14.7. The van der Waals surface area contributed by atoms with E-state index in [0.717, 1.165) is 37.1 Å². The maximum atomic E-state index is 6.61. The van der Waals surface area contributed by atoms with E-state index < -0.39 is 0 Å². The SMILES string of the molecule is Cc1cccc(C)c1-c1cc2nc(n1)NSc1cccc(c1)C(CC1CCC(C)(C)OC1)C(CC(C)(C)C)CO2. The molecule has 3 aromatic rings. The molecular formula is C34H45N3O2S. The van der Waals surface area contributed by atoms with Crippen molar-refractivity contribution in [2.24, 2.45) is 17.3 Å². The fourth-order valence-corrected chi connectivity index (χ4v) is 6.94. The second kappa shape index (κ2) is 11.7. The Kier molecular flexibility index (Phi) is 8.49. The third-order valence-electron chi connectivity index (χ3n) is 8.33. The van der Waals surface area contributed by atoms with Crippen LogP contribution < -0.4 is 9.46 Å². The van der Waals surface area contributed by atoms with Crippen molar-refractivity contribution in [1.82, 2.24) is 9.97 Å². The molecule has 6 heteroatoms. The van der Waals surface area contributed by atoms with Crippen LogP contribution in [0.15, 0.2) is 53.4 Å². The van der Waals surface area contributed by atoms with Gasteiger partial charge < -0.3 is 9.47 Å². The standard InChI is InChI=1S/C34H45N3O2S/c1-22-10-8-11-23(2)31(22)29-18-30-36-32(35-29)37-40-27-13-9-12-25(17-27)28(26(21-38-30)19-33(3,4)5)16-24-14-15-34(6,7)39-20-24/h8-13,17-18,24,26,28H,14-16,19-21H2,1-7H3,(H,35,36,37). The zero-order valence-electron chi connectivity index (χ0n) is 25.2. The van der Waals surface area contributed by atoms with E-state index in [1.807, 2.05) is 6.07 Å². The number of hydrogen-bond donors (Lipinski definition) is 1. The smallest absolute Gasteiger partial charge is 0.237 e. The zero-order valence-corrected chi connectivity index (χ0v) is 26.0. The number of nitrogens with one attached hydrogen (secondary N) is 1. The van der Waals surface area contributed by atoms with Gasteiger partial charge in [0.2, 0.25) is 11.8 Å². The van der Waals surface area contributed by atoms with Gasteiger partial charge in [-0.1, -0.05) is 51.1 Å². The number of fused-ring (bicyclic) bond motifs is 4. The summed E-state index contributed by atoms with van der Waals surface area (Å²) in [6, 6.07) is 17.4. The summed E-state index contributed by atoms with van der Waals surface area (Å²) in [6.07, 6.45) is 4.48. The maximum absolute atomic E-state index is 6.61. The van der Waals surface area contributed by atoms with Gasteiger partial charge in [0.05, 0.1) is 24.5 Å². The van der Waals surface area contributed by atoms with Gasteiger partial charge in [-0.15, -0.1) is 0 Å². The fraction of sp³-hybridized carbons (Fsp3) is 0.529. The highest BCUT2D eigenvalue weighted by Gasteiger charge is 2.34. The zero-order chi connectivity index (χ0) is 28.5. The summed E-state index contributed by atoms with van der Waals surface area (Å²) < 4.78 is 16.3. The van der Waals surface area contributed by atoms with Crippen LogP contribution in [0.2, 0.25) is 0 Å². The molecule has 5 rings (SSSR count). The van der Waals surface area contributed by atoms with Crippen LogP contribution >= 0.6 is 11.9 Å². The van der Waals surface area contributed by atoms with Gasteiger partial charge in [0, 0.05) is 22.4 Å². The van der Waals surface area contributed by atoms with Gasteiger partial charge >= 0.3 is 0 Å². The minimum Gasteiger partial charge on any atom is -0.477 e. The van der Waals surface area contributed by atoms with E-state index >= 15 is 0 Å². The molecule has 40 heavy (non-hydrogen) atoms. The molecule has 2 aliphatic rings. The lowest BCUT2D eigenvalue weighted by molar-refractivity contribution is -0.0803. The number of rotatable bonds is 4. The van der Waals surface area contributed by atoms with E-state index in [4.69, 9.17) is 19.4 Å². The quantitative estimate of drug-likeness (QED) is 0.322. The molecule has 3 heterocycles. The van der Waals surface area contributed by atoms with Crippen LogP contribution in [0.1, 0.15) is 82.9 Å². The minimum atomic E-state index is -0.0168. The van der Waals surface area contributed by atoms with E-state index in [0.29, 0.717) is 36.2 Å². The molecule has 5 nitrogen and oxygen atoms in total. The molecule has 3 unspecified atom stereocenters. The van der Waals surface area contributed by atoms with E-state index in [2.05, 4.69) is 95.7 Å². The van der Waals surface area contributed by atoms with Crippen LogP contribution in [0.5, 0.6) is 5.88 Å². The number of aromatic nitrogens is 2. The first-order valence-corrected chi connectivity index (χ1v) is 15.5. The molecule has 3 atom stereocenters. The molecule has 1 fully saturated rings. The molecule has 2 aliphatic heterocycles. The third kappa shape index (κ3) is 7.19. The Morgan fingerprint density at radius 1 is 1.00 bits per heavy atom. The Bertz CT molecular complexity index is 1300. The van der Waals surface area contributed by atoms with Crippen LogP contribution in [-0.2, 0) is 4.74 Å². The number of anilines is 1. The second-order valence-corrected chi connectivity index (χ2v) is 14.5. The molecule has 1 saturated heterocycles. The van der Waals surface area contributed by atoms with Gasteiger partial charge in [-0.2, -0.15) is 4.98 Å². The highest BCUT2D eigenvalue weighted by Crippen LogP contribution is 2.42. The van der Waals surface area contributed by atoms with Gasteiger partial charge in [0.15, 0.2) is 0 Å². The molecule has 0 spiro atoms. The number of benzene rings is 2.